The van der Waals surface area contributed by atoms with E-state index in [4.69, 9.17) is 35.5 Å². The van der Waals surface area contributed by atoms with Gasteiger partial charge in [0.1, 0.15) is 24.2 Å². The Morgan fingerprint density at radius 3 is 2.47 bits per heavy atom. The molecule has 1 aromatic heterocycles. The minimum Gasteiger partial charge on any atom is -0.492 e. The maximum atomic E-state index is 12.8. The van der Waals surface area contributed by atoms with Crippen LogP contribution in [0.5, 0.6) is 17.4 Å². The van der Waals surface area contributed by atoms with E-state index >= 15 is 0 Å². The SMILES string of the molecule is COc1c(OCc2cccc(Cl)c2)ccc2oc(OCc3cccc(C#N)c3)cc(=O)c12. The number of hydrogen-bond acceptors (Lipinski definition) is 6. The van der Waals surface area contributed by atoms with Crippen molar-refractivity contribution in [3.8, 4) is 23.5 Å². The van der Waals surface area contributed by atoms with Crippen LogP contribution in [0, 0.1) is 11.3 Å². The molecule has 0 unspecified atom stereocenters. The number of benzene rings is 3. The zero-order valence-electron chi connectivity index (χ0n) is 17.1. The van der Waals surface area contributed by atoms with Crippen LogP contribution in [-0.2, 0) is 13.2 Å². The number of fused-ring (bicyclic) bond motifs is 1. The van der Waals surface area contributed by atoms with Crippen molar-refractivity contribution in [2.24, 2.45) is 0 Å². The predicted molar refractivity (Wildman–Crippen MR) is 120 cm³/mol. The third-order valence-electron chi connectivity index (χ3n) is 4.71. The molecule has 4 rings (SSSR count). The highest BCUT2D eigenvalue weighted by atomic mass is 35.5. The fourth-order valence-corrected chi connectivity index (χ4v) is 3.45. The molecular formula is C25H18ClNO5. The van der Waals surface area contributed by atoms with E-state index in [-0.39, 0.29) is 35.7 Å². The standard InChI is InChI=1S/C25H18ClNO5/c1-29-25-22(30-14-18-6-3-7-19(26)11-18)9-8-21-24(25)20(28)12-23(32-21)31-15-17-5-2-4-16(10-17)13-27/h2-12H,14-15H2,1H3. The first kappa shape index (κ1) is 21.3. The molecule has 0 amide bonds. The third-order valence-corrected chi connectivity index (χ3v) is 4.95. The summed E-state index contributed by atoms with van der Waals surface area (Å²) >= 11 is 6.02. The molecule has 0 aliphatic heterocycles. The molecule has 0 N–H and O–H groups in total. The Morgan fingerprint density at radius 2 is 1.72 bits per heavy atom. The first-order chi connectivity index (χ1) is 15.6. The number of nitrogens with zero attached hydrogens (tertiary/aromatic N) is 1. The Kier molecular flexibility index (Phi) is 6.29. The highest BCUT2D eigenvalue weighted by Gasteiger charge is 2.16. The fourth-order valence-electron chi connectivity index (χ4n) is 3.24. The van der Waals surface area contributed by atoms with Crippen molar-refractivity contribution < 1.29 is 18.6 Å². The lowest BCUT2D eigenvalue weighted by atomic mass is 10.1. The van der Waals surface area contributed by atoms with Gasteiger partial charge in [-0.05, 0) is 47.5 Å². The molecule has 7 heteroatoms. The van der Waals surface area contributed by atoms with Gasteiger partial charge in [-0.15, -0.1) is 0 Å². The Hall–Kier alpha value is -3.95. The highest BCUT2D eigenvalue weighted by molar-refractivity contribution is 6.30. The average molecular weight is 448 g/mol. The molecule has 1 heterocycles. The smallest absolute Gasteiger partial charge is 0.289 e. The first-order valence-electron chi connectivity index (χ1n) is 9.71. The first-order valence-corrected chi connectivity index (χ1v) is 10.1. The molecule has 0 saturated heterocycles. The number of halogens is 1. The van der Waals surface area contributed by atoms with Crippen molar-refractivity contribution in [3.63, 3.8) is 0 Å². The van der Waals surface area contributed by atoms with Crippen molar-refractivity contribution in [3.05, 3.63) is 98.7 Å². The van der Waals surface area contributed by atoms with Gasteiger partial charge >= 0.3 is 0 Å². The van der Waals surface area contributed by atoms with Crippen LogP contribution in [0.4, 0.5) is 0 Å². The quantitative estimate of drug-likeness (QED) is 0.373. The summed E-state index contributed by atoms with van der Waals surface area (Å²) in [5.74, 6) is 0.764. The monoisotopic (exact) mass is 447 g/mol. The third kappa shape index (κ3) is 4.69. The Balaban J connectivity index is 1.58. The Bertz CT molecular complexity index is 1370. The molecule has 4 aromatic rings. The second kappa shape index (κ2) is 9.46. The number of methoxy groups -OCH3 is 1. The van der Waals surface area contributed by atoms with Crippen LogP contribution >= 0.6 is 11.6 Å². The van der Waals surface area contributed by atoms with Crippen LogP contribution in [-0.4, -0.2) is 7.11 Å². The number of ether oxygens (including phenoxy) is 3. The van der Waals surface area contributed by atoms with Gasteiger partial charge in [-0.3, -0.25) is 4.79 Å². The normalized spacial score (nSPS) is 10.5. The largest absolute Gasteiger partial charge is 0.492 e. The van der Waals surface area contributed by atoms with E-state index in [2.05, 4.69) is 6.07 Å². The van der Waals surface area contributed by atoms with Gasteiger partial charge in [0.2, 0.25) is 5.43 Å². The molecule has 160 valence electrons. The molecule has 0 atom stereocenters. The van der Waals surface area contributed by atoms with Crippen LogP contribution in [0.3, 0.4) is 0 Å². The summed E-state index contributed by atoms with van der Waals surface area (Å²) in [6, 6.07) is 21.0. The summed E-state index contributed by atoms with van der Waals surface area (Å²) < 4.78 is 22.7. The van der Waals surface area contributed by atoms with E-state index < -0.39 is 0 Å². The molecule has 0 bridgehead atoms. The van der Waals surface area contributed by atoms with Gasteiger partial charge in [0, 0.05) is 5.02 Å². The van der Waals surface area contributed by atoms with Crippen LogP contribution in [0.1, 0.15) is 16.7 Å². The van der Waals surface area contributed by atoms with Gasteiger partial charge in [0.15, 0.2) is 11.5 Å². The summed E-state index contributed by atoms with van der Waals surface area (Å²) in [7, 11) is 1.47. The van der Waals surface area contributed by atoms with Gasteiger partial charge < -0.3 is 18.6 Å². The number of nitriles is 1. The Morgan fingerprint density at radius 1 is 0.969 bits per heavy atom. The van der Waals surface area contributed by atoms with E-state index in [1.165, 1.54) is 13.2 Å². The van der Waals surface area contributed by atoms with E-state index in [0.29, 0.717) is 21.9 Å². The van der Waals surface area contributed by atoms with Gasteiger partial charge in [-0.1, -0.05) is 35.9 Å². The summed E-state index contributed by atoms with van der Waals surface area (Å²) in [4.78, 5) is 12.8. The van der Waals surface area contributed by atoms with Gasteiger partial charge in [-0.25, -0.2) is 0 Å². The molecule has 6 nitrogen and oxygen atoms in total. The minimum atomic E-state index is -0.322. The van der Waals surface area contributed by atoms with Gasteiger partial charge in [0.05, 0.1) is 24.8 Å². The fraction of sp³-hybridized carbons (Fsp3) is 0.120. The van der Waals surface area contributed by atoms with E-state index in [1.54, 1.807) is 42.5 Å². The van der Waals surface area contributed by atoms with Crippen LogP contribution in [0.2, 0.25) is 5.02 Å². The van der Waals surface area contributed by atoms with E-state index in [9.17, 15) is 4.79 Å². The summed E-state index contributed by atoms with van der Waals surface area (Å²) in [6.07, 6.45) is 0. The van der Waals surface area contributed by atoms with Crippen molar-refractivity contribution in [1.82, 2.24) is 0 Å². The summed E-state index contributed by atoms with van der Waals surface area (Å²) in [5, 5.41) is 9.88. The maximum Gasteiger partial charge on any atom is 0.289 e. The van der Waals surface area contributed by atoms with Crippen LogP contribution < -0.4 is 19.6 Å². The average Bonchev–Trinajstić information content (AvgIpc) is 2.81. The lowest BCUT2D eigenvalue weighted by Gasteiger charge is -2.13. The van der Waals surface area contributed by atoms with Crippen molar-refractivity contribution in [2.45, 2.75) is 13.2 Å². The summed E-state index contributed by atoms with van der Waals surface area (Å²) in [5.41, 5.74) is 2.19. The second-order valence-corrected chi connectivity index (χ2v) is 7.36. The molecule has 0 spiro atoms. The number of rotatable bonds is 7. The van der Waals surface area contributed by atoms with Gasteiger partial charge in [0.25, 0.3) is 5.95 Å². The minimum absolute atomic E-state index is 0.0690. The van der Waals surface area contributed by atoms with Crippen molar-refractivity contribution >= 4 is 22.6 Å². The zero-order valence-corrected chi connectivity index (χ0v) is 17.9. The van der Waals surface area contributed by atoms with E-state index in [0.717, 1.165) is 11.1 Å². The van der Waals surface area contributed by atoms with E-state index in [1.807, 2.05) is 18.2 Å². The van der Waals surface area contributed by atoms with Crippen molar-refractivity contribution in [1.29, 1.82) is 5.26 Å². The number of hydrogen-bond donors (Lipinski definition) is 0. The lowest BCUT2D eigenvalue weighted by Crippen LogP contribution is -2.06. The molecule has 32 heavy (non-hydrogen) atoms. The van der Waals surface area contributed by atoms with Crippen LogP contribution in [0.25, 0.3) is 11.0 Å². The van der Waals surface area contributed by atoms with Crippen LogP contribution in [0.15, 0.2) is 75.9 Å². The highest BCUT2D eigenvalue weighted by Crippen LogP contribution is 2.35. The second-order valence-electron chi connectivity index (χ2n) is 6.92. The Labute approximate surface area is 189 Å². The molecule has 0 radical (unpaired) electrons. The summed E-state index contributed by atoms with van der Waals surface area (Å²) in [6.45, 7) is 0.415. The molecule has 0 aliphatic rings. The zero-order chi connectivity index (χ0) is 22.5. The van der Waals surface area contributed by atoms with Gasteiger partial charge in [-0.2, -0.15) is 5.26 Å². The molecule has 3 aromatic carbocycles. The molecular weight excluding hydrogens is 430 g/mol. The predicted octanol–water partition coefficient (Wildman–Crippen LogP) is 5.48. The lowest BCUT2D eigenvalue weighted by molar-refractivity contribution is 0.234. The molecule has 0 fully saturated rings. The topological polar surface area (TPSA) is 81.7 Å². The molecule has 0 aliphatic carbocycles. The maximum absolute atomic E-state index is 12.8. The van der Waals surface area contributed by atoms with Crippen molar-refractivity contribution in [2.75, 3.05) is 7.11 Å². The molecule has 0 saturated carbocycles.